The van der Waals surface area contributed by atoms with Crippen LogP contribution < -0.4 is 5.73 Å². The van der Waals surface area contributed by atoms with E-state index in [2.05, 4.69) is 53.4 Å². The van der Waals surface area contributed by atoms with Crippen LogP contribution in [0.3, 0.4) is 0 Å². The third-order valence-electron chi connectivity index (χ3n) is 4.06. The number of hydrogen-bond acceptors (Lipinski definition) is 3. The van der Waals surface area contributed by atoms with Crippen LogP contribution in [0.5, 0.6) is 0 Å². The molecule has 0 saturated carbocycles. The minimum absolute atomic E-state index is 0.0194. The largest absolute Gasteiger partial charge is 0.368 e. The van der Waals surface area contributed by atoms with Gasteiger partial charge in [-0.1, -0.05) is 20.8 Å². The highest BCUT2D eigenvalue weighted by atomic mass is 16.5. The van der Waals surface area contributed by atoms with Crippen molar-refractivity contribution < 1.29 is 4.74 Å². The van der Waals surface area contributed by atoms with Gasteiger partial charge in [0.05, 0.1) is 11.2 Å². The van der Waals surface area contributed by atoms with Crippen LogP contribution in [-0.4, -0.2) is 41.8 Å². The van der Waals surface area contributed by atoms with Crippen LogP contribution >= 0.6 is 0 Å². The molecule has 3 nitrogen and oxygen atoms in total. The highest BCUT2D eigenvalue weighted by molar-refractivity contribution is 5.00. The second-order valence-corrected chi connectivity index (χ2v) is 7.62. The third kappa shape index (κ3) is 3.69. The predicted octanol–water partition coefficient (Wildman–Crippen LogP) is 2.64. The van der Waals surface area contributed by atoms with Gasteiger partial charge in [0.25, 0.3) is 0 Å². The zero-order valence-corrected chi connectivity index (χ0v) is 13.3. The highest BCUT2D eigenvalue weighted by Crippen LogP contribution is 2.40. The lowest BCUT2D eigenvalue weighted by Crippen LogP contribution is -2.50. The predicted molar refractivity (Wildman–Crippen MR) is 77.7 cm³/mol. The molecule has 0 aliphatic carbocycles. The Morgan fingerprint density at radius 1 is 1.28 bits per heavy atom. The van der Waals surface area contributed by atoms with Crippen molar-refractivity contribution >= 4 is 0 Å². The number of hydrogen-bond donors (Lipinski definition) is 1. The van der Waals surface area contributed by atoms with Crippen molar-refractivity contribution in [1.29, 1.82) is 0 Å². The third-order valence-corrected chi connectivity index (χ3v) is 4.06. The standard InChI is InChI=1S/C15H32N2O/c1-8-17(11-13(2,3)10-16)12-9-14(4,5)18-15(12,6)7/h12H,8-11,16H2,1-7H3. The van der Waals surface area contributed by atoms with Crippen LogP contribution in [0, 0.1) is 5.41 Å². The van der Waals surface area contributed by atoms with Gasteiger partial charge in [0.2, 0.25) is 0 Å². The Bertz CT molecular complexity index is 284. The van der Waals surface area contributed by atoms with Gasteiger partial charge in [-0.2, -0.15) is 0 Å². The van der Waals surface area contributed by atoms with Crippen molar-refractivity contribution in [2.24, 2.45) is 11.1 Å². The molecule has 0 aromatic carbocycles. The summed E-state index contributed by atoms with van der Waals surface area (Å²) in [5.41, 5.74) is 5.94. The Balaban J connectivity index is 2.83. The Hall–Kier alpha value is -0.120. The molecule has 1 rings (SSSR count). The van der Waals surface area contributed by atoms with Crippen molar-refractivity contribution in [2.45, 2.75) is 72.1 Å². The molecule has 1 aliphatic heterocycles. The fraction of sp³-hybridized carbons (Fsp3) is 1.00. The van der Waals surface area contributed by atoms with Gasteiger partial charge in [-0.25, -0.2) is 0 Å². The molecule has 3 heteroatoms. The van der Waals surface area contributed by atoms with Gasteiger partial charge >= 0.3 is 0 Å². The number of ether oxygens (including phenoxy) is 1. The second kappa shape index (κ2) is 5.10. The Labute approximate surface area is 113 Å². The second-order valence-electron chi connectivity index (χ2n) is 7.62. The summed E-state index contributed by atoms with van der Waals surface area (Å²) in [5.74, 6) is 0. The molecule has 1 fully saturated rings. The van der Waals surface area contributed by atoms with Crippen molar-refractivity contribution in [3.05, 3.63) is 0 Å². The minimum Gasteiger partial charge on any atom is -0.368 e. The summed E-state index contributed by atoms with van der Waals surface area (Å²) in [4.78, 5) is 2.54. The summed E-state index contributed by atoms with van der Waals surface area (Å²) in [6, 6.07) is 0.475. The van der Waals surface area contributed by atoms with Crippen LogP contribution in [0.15, 0.2) is 0 Å². The smallest absolute Gasteiger partial charge is 0.0789 e. The summed E-state index contributed by atoms with van der Waals surface area (Å²) in [6.45, 7) is 18.3. The first-order valence-electron chi connectivity index (χ1n) is 7.17. The lowest BCUT2D eigenvalue weighted by Gasteiger charge is -2.39. The van der Waals surface area contributed by atoms with E-state index in [-0.39, 0.29) is 16.6 Å². The Kier molecular flexibility index (Phi) is 4.52. The molecule has 2 N–H and O–H groups in total. The first kappa shape index (κ1) is 15.9. The Morgan fingerprint density at radius 2 is 1.83 bits per heavy atom. The summed E-state index contributed by atoms with van der Waals surface area (Å²) in [6.07, 6.45) is 1.09. The quantitative estimate of drug-likeness (QED) is 0.822. The fourth-order valence-electron chi connectivity index (χ4n) is 3.16. The number of rotatable bonds is 5. The van der Waals surface area contributed by atoms with Crippen molar-refractivity contribution in [1.82, 2.24) is 4.90 Å². The van der Waals surface area contributed by atoms with Crippen molar-refractivity contribution in [3.8, 4) is 0 Å². The van der Waals surface area contributed by atoms with Crippen LogP contribution in [0.4, 0.5) is 0 Å². The van der Waals surface area contributed by atoms with E-state index in [0.717, 1.165) is 26.1 Å². The number of nitrogens with zero attached hydrogens (tertiary/aromatic N) is 1. The van der Waals surface area contributed by atoms with Crippen LogP contribution in [0.25, 0.3) is 0 Å². The van der Waals surface area contributed by atoms with Gasteiger partial charge < -0.3 is 10.5 Å². The normalized spacial score (nSPS) is 26.8. The van der Waals surface area contributed by atoms with E-state index < -0.39 is 0 Å². The monoisotopic (exact) mass is 256 g/mol. The van der Waals surface area contributed by atoms with Gasteiger partial charge in [-0.3, -0.25) is 4.90 Å². The maximum absolute atomic E-state index is 6.21. The van der Waals surface area contributed by atoms with Gasteiger partial charge in [0, 0.05) is 12.6 Å². The van der Waals surface area contributed by atoms with E-state index in [0.29, 0.717) is 6.04 Å². The Morgan fingerprint density at radius 3 is 2.17 bits per heavy atom. The van der Waals surface area contributed by atoms with Crippen molar-refractivity contribution in [2.75, 3.05) is 19.6 Å². The molecule has 0 spiro atoms. The van der Waals surface area contributed by atoms with Crippen LogP contribution in [-0.2, 0) is 4.74 Å². The zero-order valence-electron chi connectivity index (χ0n) is 13.3. The number of likely N-dealkylation sites (N-methyl/N-ethyl adjacent to an activating group) is 1. The summed E-state index contributed by atoms with van der Waals surface area (Å²) in [7, 11) is 0. The SMILES string of the molecule is CCN(CC(C)(C)CN)C1CC(C)(C)OC1(C)C. The first-order chi connectivity index (χ1) is 8.03. The zero-order chi connectivity index (χ0) is 14.2. The molecule has 0 aromatic rings. The lowest BCUT2D eigenvalue weighted by molar-refractivity contribution is -0.0821. The first-order valence-corrected chi connectivity index (χ1v) is 7.17. The molecule has 0 amide bonds. The average molecular weight is 256 g/mol. The van der Waals surface area contributed by atoms with Crippen LogP contribution in [0.2, 0.25) is 0 Å². The molecule has 108 valence electrons. The molecular formula is C15H32N2O. The molecular weight excluding hydrogens is 224 g/mol. The van der Waals surface area contributed by atoms with E-state index in [1.165, 1.54) is 0 Å². The van der Waals surface area contributed by atoms with E-state index in [4.69, 9.17) is 10.5 Å². The fourth-order valence-corrected chi connectivity index (χ4v) is 3.16. The molecule has 0 bridgehead atoms. The molecule has 1 atom stereocenters. The molecule has 18 heavy (non-hydrogen) atoms. The summed E-state index contributed by atoms with van der Waals surface area (Å²) < 4.78 is 6.21. The minimum atomic E-state index is -0.0792. The van der Waals surface area contributed by atoms with E-state index in [1.54, 1.807) is 0 Å². The molecule has 1 heterocycles. The van der Waals surface area contributed by atoms with E-state index in [9.17, 15) is 0 Å². The number of nitrogens with two attached hydrogens (primary N) is 1. The lowest BCUT2D eigenvalue weighted by atomic mass is 9.88. The maximum atomic E-state index is 6.21. The highest BCUT2D eigenvalue weighted by Gasteiger charge is 2.48. The van der Waals surface area contributed by atoms with E-state index >= 15 is 0 Å². The van der Waals surface area contributed by atoms with Crippen LogP contribution in [0.1, 0.15) is 54.9 Å². The molecule has 0 radical (unpaired) electrons. The maximum Gasteiger partial charge on any atom is 0.0789 e. The molecule has 1 aliphatic rings. The van der Waals surface area contributed by atoms with Crippen molar-refractivity contribution in [3.63, 3.8) is 0 Å². The average Bonchev–Trinajstić information content (AvgIpc) is 2.43. The topological polar surface area (TPSA) is 38.5 Å². The van der Waals surface area contributed by atoms with Gasteiger partial charge in [-0.05, 0) is 52.6 Å². The molecule has 1 saturated heterocycles. The van der Waals surface area contributed by atoms with E-state index in [1.807, 2.05) is 0 Å². The summed E-state index contributed by atoms with van der Waals surface area (Å²) >= 11 is 0. The van der Waals surface area contributed by atoms with Gasteiger partial charge in [0.1, 0.15) is 0 Å². The molecule has 0 aromatic heterocycles. The van der Waals surface area contributed by atoms with Gasteiger partial charge in [0.15, 0.2) is 0 Å². The molecule has 1 unspecified atom stereocenters. The van der Waals surface area contributed by atoms with Gasteiger partial charge in [-0.15, -0.1) is 0 Å². The summed E-state index contributed by atoms with van der Waals surface area (Å²) in [5, 5.41) is 0.